The normalized spacial score (nSPS) is 10.7. The van der Waals surface area contributed by atoms with Crippen molar-refractivity contribution in [3.8, 4) is 11.4 Å². The topological polar surface area (TPSA) is 50.9 Å². The van der Waals surface area contributed by atoms with Crippen molar-refractivity contribution >= 4 is 0 Å². The molecule has 0 aromatic carbocycles. The molecule has 0 aliphatic rings. The highest BCUT2D eigenvalue weighted by Crippen LogP contribution is 2.21. The molecule has 2 aromatic heterocycles. The van der Waals surface area contributed by atoms with E-state index in [0.717, 1.165) is 22.9 Å². The van der Waals surface area contributed by atoms with Gasteiger partial charge in [0.2, 0.25) is 0 Å². The average molecular weight is 217 g/mol. The maximum Gasteiger partial charge on any atom is 0.111 e. The highest BCUT2D eigenvalue weighted by molar-refractivity contribution is 5.58. The van der Waals surface area contributed by atoms with E-state index in [2.05, 4.69) is 9.97 Å². The van der Waals surface area contributed by atoms with Crippen LogP contribution in [0.15, 0.2) is 24.4 Å². The fourth-order valence-corrected chi connectivity index (χ4v) is 1.88. The lowest BCUT2D eigenvalue weighted by Gasteiger charge is -2.04. The number of hydrogen-bond donors (Lipinski definition) is 1. The zero-order valence-corrected chi connectivity index (χ0v) is 9.51. The van der Waals surface area contributed by atoms with Crippen LogP contribution in [-0.2, 0) is 13.5 Å². The lowest BCUT2D eigenvalue weighted by atomic mass is 10.2. The Labute approximate surface area is 94.6 Å². The standard InChI is InChI=1S/C12H15N3O/c1-9-12(10-5-3-4-7-13-10)15(2)11(14-9)6-8-16/h3-5,7,16H,6,8H2,1-2H3. The summed E-state index contributed by atoms with van der Waals surface area (Å²) in [4.78, 5) is 8.76. The first-order valence-corrected chi connectivity index (χ1v) is 5.28. The van der Waals surface area contributed by atoms with E-state index in [1.54, 1.807) is 6.20 Å². The van der Waals surface area contributed by atoms with Crippen LogP contribution >= 0.6 is 0 Å². The van der Waals surface area contributed by atoms with Crippen LogP contribution in [0, 0.1) is 6.92 Å². The molecule has 16 heavy (non-hydrogen) atoms. The molecule has 0 atom stereocenters. The summed E-state index contributed by atoms with van der Waals surface area (Å²) < 4.78 is 1.99. The molecule has 0 aliphatic carbocycles. The van der Waals surface area contributed by atoms with Gasteiger partial charge in [0.25, 0.3) is 0 Å². The molecule has 4 heteroatoms. The Morgan fingerprint density at radius 1 is 1.38 bits per heavy atom. The number of imidazole rings is 1. The Morgan fingerprint density at radius 3 is 2.81 bits per heavy atom. The summed E-state index contributed by atoms with van der Waals surface area (Å²) in [6, 6.07) is 5.82. The SMILES string of the molecule is Cc1nc(CCO)n(C)c1-c1ccccn1. The van der Waals surface area contributed by atoms with E-state index in [1.807, 2.05) is 36.7 Å². The first kappa shape index (κ1) is 10.8. The zero-order valence-electron chi connectivity index (χ0n) is 9.51. The van der Waals surface area contributed by atoms with Crippen LogP contribution in [0.1, 0.15) is 11.5 Å². The van der Waals surface area contributed by atoms with Gasteiger partial charge in [-0.2, -0.15) is 0 Å². The number of pyridine rings is 1. The van der Waals surface area contributed by atoms with Gasteiger partial charge in [0.05, 0.1) is 23.7 Å². The van der Waals surface area contributed by atoms with Gasteiger partial charge in [0, 0.05) is 19.7 Å². The predicted octanol–water partition coefficient (Wildman–Crippen LogP) is 1.33. The summed E-state index contributed by atoms with van der Waals surface area (Å²) in [5.74, 6) is 0.889. The highest BCUT2D eigenvalue weighted by atomic mass is 16.3. The van der Waals surface area contributed by atoms with E-state index >= 15 is 0 Å². The maximum absolute atomic E-state index is 8.95. The second kappa shape index (κ2) is 4.45. The van der Waals surface area contributed by atoms with Crippen molar-refractivity contribution in [3.63, 3.8) is 0 Å². The third-order valence-corrected chi connectivity index (χ3v) is 2.60. The smallest absolute Gasteiger partial charge is 0.111 e. The molecule has 84 valence electrons. The van der Waals surface area contributed by atoms with E-state index < -0.39 is 0 Å². The molecule has 0 radical (unpaired) electrons. The average Bonchev–Trinajstić information content (AvgIpc) is 2.56. The van der Waals surface area contributed by atoms with E-state index in [0.29, 0.717) is 6.42 Å². The molecule has 0 aliphatic heterocycles. The minimum absolute atomic E-state index is 0.117. The second-order valence-corrected chi connectivity index (χ2v) is 3.71. The zero-order chi connectivity index (χ0) is 11.5. The van der Waals surface area contributed by atoms with Crippen LogP contribution in [0.2, 0.25) is 0 Å². The number of hydrogen-bond acceptors (Lipinski definition) is 3. The molecular formula is C12H15N3O. The van der Waals surface area contributed by atoms with E-state index in [1.165, 1.54) is 0 Å². The van der Waals surface area contributed by atoms with Crippen molar-refractivity contribution < 1.29 is 5.11 Å². The fourth-order valence-electron chi connectivity index (χ4n) is 1.88. The molecule has 4 nitrogen and oxygen atoms in total. The lowest BCUT2D eigenvalue weighted by molar-refractivity contribution is 0.295. The Bertz CT molecular complexity index is 477. The summed E-state index contributed by atoms with van der Waals surface area (Å²) in [6.45, 7) is 2.08. The van der Waals surface area contributed by atoms with Crippen LogP contribution in [0.5, 0.6) is 0 Å². The summed E-state index contributed by atoms with van der Waals surface area (Å²) in [5, 5.41) is 8.95. The molecule has 0 unspecified atom stereocenters. The molecule has 0 saturated carbocycles. The molecule has 2 rings (SSSR count). The third kappa shape index (κ3) is 1.84. The lowest BCUT2D eigenvalue weighted by Crippen LogP contribution is -2.02. The van der Waals surface area contributed by atoms with Gasteiger partial charge in [-0.3, -0.25) is 4.98 Å². The van der Waals surface area contributed by atoms with Gasteiger partial charge in [-0.1, -0.05) is 6.07 Å². The number of aromatic nitrogens is 3. The molecule has 1 N–H and O–H groups in total. The van der Waals surface area contributed by atoms with Crippen molar-refractivity contribution in [2.75, 3.05) is 6.61 Å². The largest absolute Gasteiger partial charge is 0.396 e. The first-order valence-electron chi connectivity index (χ1n) is 5.28. The Balaban J connectivity index is 2.49. The van der Waals surface area contributed by atoms with Gasteiger partial charge >= 0.3 is 0 Å². The second-order valence-electron chi connectivity index (χ2n) is 3.71. The van der Waals surface area contributed by atoms with Gasteiger partial charge in [-0.25, -0.2) is 4.98 Å². The third-order valence-electron chi connectivity index (χ3n) is 2.60. The van der Waals surface area contributed by atoms with Gasteiger partial charge in [0.15, 0.2) is 0 Å². The first-order chi connectivity index (χ1) is 7.74. The minimum Gasteiger partial charge on any atom is -0.396 e. The van der Waals surface area contributed by atoms with Crippen LogP contribution in [0.4, 0.5) is 0 Å². The van der Waals surface area contributed by atoms with Crippen molar-refractivity contribution in [1.29, 1.82) is 0 Å². The highest BCUT2D eigenvalue weighted by Gasteiger charge is 2.13. The van der Waals surface area contributed by atoms with Crippen molar-refractivity contribution in [2.24, 2.45) is 7.05 Å². The van der Waals surface area contributed by atoms with Crippen molar-refractivity contribution in [3.05, 3.63) is 35.9 Å². The summed E-state index contributed by atoms with van der Waals surface area (Å²) in [5.41, 5.74) is 2.88. The van der Waals surface area contributed by atoms with Gasteiger partial charge in [-0.05, 0) is 19.1 Å². The maximum atomic E-state index is 8.95. The van der Waals surface area contributed by atoms with Gasteiger partial charge in [0.1, 0.15) is 5.82 Å². The van der Waals surface area contributed by atoms with E-state index in [4.69, 9.17) is 5.11 Å². The Hall–Kier alpha value is -1.68. The Morgan fingerprint density at radius 2 is 2.19 bits per heavy atom. The number of aryl methyl sites for hydroxylation is 1. The number of rotatable bonds is 3. The summed E-state index contributed by atoms with van der Waals surface area (Å²) >= 11 is 0. The van der Waals surface area contributed by atoms with Crippen LogP contribution < -0.4 is 0 Å². The molecule has 2 heterocycles. The molecule has 0 spiro atoms. The quantitative estimate of drug-likeness (QED) is 0.843. The molecule has 0 saturated heterocycles. The summed E-state index contributed by atoms with van der Waals surface area (Å²) in [6.07, 6.45) is 2.34. The number of aliphatic hydroxyl groups is 1. The minimum atomic E-state index is 0.117. The van der Waals surface area contributed by atoms with Crippen LogP contribution in [0.25, 0.3) is 11.4 Å². The molecule has 2 aromatic rings. The van der Waals surface area contributed by atoms with Crippen LogP contribution in [-0.4, -0.2) is 26.2 Å². The molecule has 0 bridgehead atoms. The molecule has 0 amide bonds. The van der Waals surface area contributed by atoms with E-state index in [9.17, 15) is 0 Å². The molecule has 0 fully saturated rings. The van der Waals surface area contributed by atoms with Crippen molar-refractivity contribution in [2.45, 2.75) is 13.3 Å². The summed E-state index contributed by atoms with van der Waals surface area (Å²) in [7, 11) is 1.95. The van der Waals surface area contributed by atoms with Gasteiger partial charge in [-0.15, -0.1) is 0 Å². The fraction of sp³-hybridized carbons (Fsp3) is 0.333. The number of aliphatic hydroxyl groups excluding tert-OH is 1. The van der Waals surface area contributed by atoms with Gasteiger partial charge < -0.3 is 9.67 Å². The van der Waals surface area contributed by atoms with E-state index in [-0.39, 0.29) is 6.61 Å². The molecular weight excluding hydrogens is 202 g/mol. The Kier molecular flexibility index (Phi) is 3.01. The van der Waals surface area contributed by atoms with Crippen molar-refractivity contribution in [1.82, 2.24) is 14.5 Å². The monoisotopic (exact) mass is 217 g/mol. The predicted molar refractivity (Wildman–Crippen MR) is 62.0 cm³/mol. The number of nitrogens with zero attached hydrogens (tertiary/aromatic N) is 3. The van der Waals surface area contributed by atoms with Crippen LogP contribution in [0.3, 0.4) is 0 Å².